The van der Waals surface area contributed by atoms with Crippen molar-refractivity contribution in [3.63, 3.8) is 0 Å². The summed E-state index contributed by atoms with van der Waals surface area (Å²) in [4.78, 5) is 32.6. The van der Waals surface area contributed by atoms with Crippen LogP contribution in [0.4, 0.5) is 0 Å². The van der Waals surface area contributed by atoms with E-state index in [-0.39, 0.29) is 35.5 Å². The molecule has 9 nitrogen and oxygen atoms in total. The van der Waals surface area contributed by atoms with Gasteiger partial charge in [-0.05, 0) is 29.3 Å². The van der Waals surface area contributed by atoms with Crippen molar-refractivity contribution < 1.29 is 14.3 Å². The fourth-order valence-electron chi connectivity index (χ4n) is 4.08. The fourth-order valence-corrected chi connectivity index (χ4v) is 4.28. The lowest BCUT2D eigenvalue weighted by Gasteiger charge is -2.36. The molecule has 4 atom stereocenters. The van der Waals surface area contributed by atoms with Crippen molar-refractivity contribution in [1.29, 1.82) is 0 Å². The minimum Gasteiger partial charge on any atom is -0.483 e. The van der Waals surface area contributed by atoms with E-state index in [0.29, 0.717) is 24.0 Å². The quantitative estimate of drug-likeness (QED) is 0.645. The van der Waals surface area contributed by atoms with Crippen LogP contribution in [0.3, 0.4) is 0 Å². The Morgan fingerprint density at radius 1 is 0.946 bits per heavy atom. The van der Waals surface area contributed by atoms with Crippen LogP contribution in [-0.4, -0.2) is 52.7 Å². The number of pyridine rings is 1. The van der Waals surface area contributed by atoms with Crippen LogP contribution < -0.4 is 5.43 Å². The van der Waals surface area contributed by atoms with Gasteiger partial charge in [0.05, 0.1) is 20.2 Å². The molecule has 4 unspecified atom stereocenters. The molecule has 0 radical (unpaired) electrons. The minimum absolute atomic E-state index is 0.00000436. The number of carbonyl (C=O) groups excluding carboxylic acids is 2. The molecule has 198 valence electrons. The number of hydrogen-bond donors (Lipinski definition) is 1. The molecule has 0 bridgehead atoms. The van der Waals surface area contributed by atoms with E-state index in [1.165, 1.54) is 5.01 Å². The topological polar surface area (TPSA) is 99.5 Å². The highest BCUT2D eigenvalue weighted by molar-refractivity contribution is 6.31. The Kier molecular flexibility index (Phi) is 9.63. The average Bonchev–Trinajstić information content (AvgIpc) is 2.91. The van der Waals surface area contributed by atoms with Gasteiger partial charge in [0.2, 0.25) is 17.7 Å². The van der Waals surface area contributed by atoms with Crippen LogP contribution in [0.2, 0.25) is 5.02 Å². The number of amidine groups is 1. The number of amides is 2. The maximum atomic E-state index is 12.2. The monoisotopic (exact) mass is 526 g/mol. The van der Waals surface area contributed by atoms with Crippen LogP contribution >= 0.6 is 11.6 Å². The Bertz CT molecular complexity index is 1160. The van der Waals surface area contributed by atoms with Gasteiger partial charge in [-0.1, -0.05) is 57.5 Å². The minimum atomic E-state index is -0.144. The molecule has 0 saturated carbocycles. The summed E-state index contributed by atoms with van der Waals surface area (Å²) in [7, 11) is 3.32. The first kappa shape index (κ1) is 28.1. The summed E-state index contributed by atoms with van der Waals surface area (Å²) in [5.41, 5.74) is 5.01. The molecule has 4 rings (SSSR count). The number of hydrazone groups is 1. The van der Waals surface area contributed by atoms with Gasteiger partial charge in [0.1, 0.15) is 5.84 Å². The lowest BCUT2D eigenvalue weighted by molar-refractivity contribution is -0.140. The Morgan fingerprint density at radius 2 is 1.59 bits per heavy atom. The summed E-state index contributed by atoms with van der Waals surface area (Å²) in [5, 5.41) is 7.97. The van der Waals surface area contributed by atoms with E-state index in [4.69, 9.17) is 16.3 Å². The number of aliphatic imine (C=N–C) groups is 1. The molecule has 2 aromatic rings. The summed E-state index contributed by atoms with van der Waals surface area (Å²) in [6.07, 6.45) is 3.45. The average molecular weight is 527 g/mol. The van der Waals surface area contributed by atoms with Gasteiger partial charge >= 0.3 is 0 Å². The Morgan fingerprint density at radius 3 is 2.22 bits per heavy atom. The molecule has 1 N–H and O–H groups in total. The van der Waals surface area contributed by atoms with E-state index in [9.17, 15) is 9.59 Å². The zero-order valence-corrected chi connectivity index (χ0v) is 22.9. The van der Waals surface area contributed by atoms with Crippen molar-refractivity contribution in [2.45, 2.75) is 40.8 Å². The highest BCUT2D eigenvalue weighted by Crippen LogP contribution is 2.26. The Balaban J connectivity index is 0.000000206. The standard InChI is InChI=1S/C14H17ClN2O2.C13H18N4O/c1-9-10(2)14(18)17(16-13(9)19-3)8-11-6-4-5-7-12(11)15;1-9-10(2)13(18)17(16-12(9)14-3)8-11-4-6-15-7-5-11/h4-7,9-10H,8H2,1-3H3;4-7,9-10H,8H2,1-3H3,(H,14,16). The zero-order valence-electron chi connectivity index (χ0n) is 22.2. The summed E-state index contributed by atoms with van der Waals surface area (Å²) in [6.45, 7) is 8.68. The van der Waals surface area contributed by atoms with E-state index in [2.05, 4.69) is 20.5 Å². The number of hydrazine groups is 1. The summed E-state index contributed by atoms with van der Waals surface area (Å²) in [5.74, 6) is 1.48. The molecule has 2 aliphatic heterocycles. The molecule has 1 aromatic carbocycles. The molecule has 1 aromatic heterocycles. The summed E-state index contributed by atoms with van der Waals surface area (Å²) >= 11 is 6.11. The second kappa shape index (κ2) is 12.7. The van der Waals surface area contributed by atoms with Crippen LogP contribution in [0, 0.1) is 23.7 Å². The molecule has 0 aliphatic carbocycles. The number of methoxy groups -OCH3 is 1. The highest BCUT2D eigenvalue weighted by atomic mass is 35.5. The van der Waals surface area contributed by atoms with Crippen molar-refractivity contribution in [1.82, 2.24) is 20.4 Å². The van der Waals surface area contributed by atoms with E-state index >= 15 is 0 Å². The molecule has 2 amide bonds. The van der Waals surface area contributed by atoms with E-state index in [1.807, 2.05) is 58.0 Å². The number of carbonyl (C=O) groups is 2. The van der Waals surface area contributed by atoms with Crippen molar-refractivity contribution in [2.24, 2.45) is 33.8 Å². The molecule has 1 fully saturated rings. The second-order valence-corrected chi connectivity index (χ2v) is 9.69. The SMILES string of the molecule is CN=C1NN(Cc2ccncc2)C(=O)C(C)C1C.COC1=NN(Cc2ccccc2Cl)C(=O)C(C)C1C. The maximum absolute atomic E-state index is 12.2. The lowest BCUT2D eigenvalue weighted by Crippen LogP contribution is -2.56. The maximum Gasteiger partial charge on any atom is 0.246 e. The van der Waals surface area contributed by atoms with Crippen molar-refractivity contribution in [2.75, 3.05) is 14.2 Å². The van der Waals surface area contributed by atoms with Crippen molar-refractivity contribution >= 4 is 35.1 Å². The first-order chi connectivity index (χ1) is 17.7. The normalized spacial score (nSPS) is 24.7. The number of ether oxygens (including phenoxy) is 1. The third-order valence-electron chi connectivity index (χ3n) is 6.91. The van der Waals surface area contributed by atoms with E-state index in [1.54, 1.807) is 37.6 Å². The Labute approximate surface area is 223 Å². The van der Waals surface area contributed by atoms with Gasteiger partial charge in [-0.2, -0.15) is 0 Å². The highest BCUT2D eigenvalue weighted by Gasteiger charge is 2.35. The largest absolute Gasteiger partial charge is 0.483 e. The molecular formula is C27H35ClN6O3. The van der Waals surface area contributed by atoms with Crippen LogP contribution in [0.5, 0.6) is 0 Å². The van der Waals surface area contributed by atoms with Crippen molar-refractivity contribution in [3.8, 4) is 0 Å². The molecule has 1 saturated heterocycles. The first-order valence-electron chi connectivity index (χ1n) is 12.3. The molecule has 37 heavy (non-hydrogen) atoms. The predicted octanol–water partition coefficient (Wildman–Crippen LogP) is 4.14. The van der Waals surface area contributed by atoms with Gasteiger partial charge < -0.3 is 4.74 Å². The van der Waals surface area contributed by atoms with Gasteiger partial charge in [-0.3, -0.25) is 30.0 Å². The molecule has 3 heterocycles. The number of benzene rings is 1. The summed E-state index contributed by atoms with van der Waals surface area (Å²) in [6, 6.07) is 11.3. The van der Waals surface area contributed by atoms with E-state index in [0.717, 1.165) is 17.0 Å². The molecule has 2 aliphatic rings. The predicted molar refractivity (Wildman–Crippen MR) is 144 cm³/mol. The number of aromatic nitrogens is 1. The third kappa shape index (κ3) is 6.65. The van der Waals surface area contributed by atoms with Gasteiger partial charge in [-0.15, -0.1) is 5.10 Å². The van der Waals surface area contributed by atoms with Crippen LogP contribution in [0.25, 0.3) is 0 Å². The van der Waals surface area contributed by atoms with Crippen LogP contribution in [0.15, 0.2) is 58.9 Å². The molecular weight excluding hydrogens is 492 g/mol. The Hall–Kier alpha value is -3.46. The lowest BCUT2D eigenvalue weighted by atomic mass is 9.92. The second-order valence-electron chi connectivity index (χ2n) is 9.28. The number of hydrogen-bond acceptors (Lipinski definition) is 6. The number of nitrogens with one attached hydrogen (secondary N) is 1. The first-order valence-corrected chi connectivity index (χ1v) is 12.7. The van der Waals surface area contributed by atoms with Crippen LogP contribution in [0.1, 0.15) is 38.8 Å². The van der Waals surface area contributed by atoms with Gasteiger partial charge in [0.15, 0.2) is 0 Å². The molecule has 0 spiro atoms. The number of nitrogens with zero attached hydrogens (tertiary/aromatic N) is 5. The third-order valence-corrected chi connectivity index (χ3v) is 7.28. The smallest absolute Gasteiger partial charge is 0.246 e. The molecule has 10 heteroatoms. The van der Waals surface area contributed by atoms with E-state index < -0.39 is 0 Å². The van der Waals surface area contributed by atoms with Gasteiger partial charge in [0.25, 0.3) is 0 Å². The van der Waals surface area contributed by atoms with Gasteiger partial charge in [0, 0.05) is 48.1 Å². The zero-order chi connectivity index (χ0) is 27.1. The van der Waals surface area contributed by atoms with Crippen LogP contribution in [-0.2, 0) is 27.4 Å². The fraction of sp³-hybridized carbons (Fsp3) is 0.444. The van der Waals surface area contributed by atoms with Crippen molar-refractivity contribution in [3.05, 3.63) is 64.9 Å². The van der Waals surface area contributed by atoms with Gasteiger partial charge in [-0.25, -0.2) is 5.01 Å². The number of halogens is 1. The number of rotatable bonds is 4. The summed E-state index contributed by atoms with van der Waals surface area (Å²) < 4.78 is 5.24.